The highest BCUT2D eigenvalue weighted by Gasteiger charge is 2.29. The first-order chi connectivity index (χ1) is 9.45. The summed E-state index contributed by atoms with van der Waals surface area (Å²) in [6, 6.07) is -0.0523. The van der Waals surface area contributed by atoms with Crippen LogP contribution in [-0.4, -0.2) is 52.0 Å². The molecule has 1 saturated heterocycles. The summed E-state index contributed by atoms with van der Waals surface area (Å²) in [5.74, 6) is -0.720. The average Bonchev–Trinajstić information content (AvgIpc) is 2.97. The van der Waals surface area contributed by atoms with Crippen molar-refractivity contribution in [3.05, 3.63) is 16.1 Å². The number of aryl methyl sites for hydroxylation is 1. The van der Waals surface area contributed by atoms with E-state index >= 15 is 0 Å². The van der Waals surface area contributed by atoms with Gasteiger partial charge in [-0.05, 0) is 19.3 Å². The molecular weight excluding hydrogens is 278 g/mol. The van der Waals surface area contributed by atoms with E-state index in [1.54, 1.807) is 28.2 Å². The first kappa shape index (κ1) is 14.8. The van der Waals surface area contributed by atoms with Crippen molar-refractivity contribution in [2.24, 2.45) is 5.92 Å². The molecule has 1 aromatic rings. The van der Waals surface area contributed by atoms with E-state index < -0.39 is 5.97 Å². The molecule has 0 saturated carbocycles. The van der Waals surface area contributed by atoms with Crippen LogP contribution in [0.4, 0.5) is 4.79 Å². The normalized spacial score (nSPS) is 18.3. The Balaban J connectivity index is 1.86. The number of carbonyl (C=O) groups is 2. The van der Waals surface area contributed by atoms with Gasteiger partial charge in [0.05, 0.1) is 17.2 Å². The smallest absolute Gasteiger partial charge is 0.320 e. The Bertz CT molecular complexity index is 503. The fraction of sp³-hybridized carbons (Fsp3) is 0.615. The molecule has 1 aliphatic heterocycles. The summed E-state index contributed by atoms with van der Waals surface area (Å²) >= 11 is 1.57. The molecule has 1 N–H and O–H groups in total. The molecule has 0 bridgehead atoms. The monoisotopic (exact) mass is 297 g/mol. The molecule has 7 heteroatoms. The van der Waals surface area contributed by atoms with Crippen molar-refractivity contribution in [2.45, 2.75) is 26.3 Å². The number of amides is 2. The SMILES string of the molecule is Cc1nc(CN(C)C(=O)N2CCC(CC(=O)O)C2)cs1. The topological polar surface area (TPSA) is 73.7 Å². The molecule has 0 aromatic carbocycles. The Hall–Kier alpha value is -1.63. The molecule has 1 atom stereocenters. The van der Waals surface area contributed by atoms with E-state index in [9.17, 15) is 9.59 Å². The molecule has 2 heterocycles. The minimum atomic E-state index is -0.796. The van der Waals surface area contributed by atoms with Crippen LogP contribution in [-0.2, 0) is 11.3 Å². The van der Waals surface area contributed by atoms with Crippen molar-refractivity contribution < 1.29 is 14.7 Å². The average molecular weight is 297 g/mol. The Morgan fingerprint density at radius 3 is 2.95 bits per heavy atom. The van der Waals surface area contributed by atoms with Crippen LogP contribution in [0.5, 0.6) is 0 Å². The lowest BCUT2D eigenvalue weighted by Gasteiger charge is -2.24. The highest BCUT2D eigenvalue weighted by Crippen LogP contribution is 2.21. The maximum absolute atomic E-state index is 12.3. The van der Waals surface area contributed by atoms with Crippen LogP contribution in [0.15, 0.2) is 5.38 Å². The van der Waals surface area contributed by atoms with Crippen LogP contribution in [0.2, 0.25) is 0 Å². The second kappa shape index (κ2) is 6.21. The summed E-state index contributed by atoms with van der Waals surface area (Å²) < 4.78 is 0. The first-order valence-corrected chi connectivity index (χ1v) is 7.46. The number of carboxylic acids is 1. The van der Waals surface area contributed by atoms with E-state index in [0.717, 1.165) is 17.1 Å². The van der Waals surface area contributed by atoms with Crippen molar-refractivity contribution in [1.82, 2.24) is 14.8 Å². The molecule has 1 fully saturated rings. The van der Waals surface area contributed by atoms with E-state index in [2.05, 4.69) is 4.98 Å². The number of hydrogen-bond acceptors (Lipinski definition) is 4. The standard InChI is InChI=1S/C13H19N3O3S/c1-9-14-11(8-20-9)7-15(2)13(19)16-4-3-10(6-16)5-12(17)18/h8,10H,3-7H2,1-2H3,(H,17,18). The number of thiazole rings is 1. The van der Waals surface area contributed by atoms with Gasteiger partial charge in [-0.15, -0.1) is 11.3 Å². The van der Waals surface area contributed by atoms with Gasteiger partial charge in [0, 0.05) is 31.9 Å². The van der Waals surface area contributed by atoms with Crippen LogP contribution in [0.25, 0.3) is 0 Å². The number of carbonyl (C=O) groups excluding carboxylic acids is 1. The summed E-state index contributed by atoms with van der Waals surface area (Å²) in [5, 5.41) is 11.7. The zero-order valence-corrected chi connectivity index (χ0v) is 12.5. The zero-order chi connectivity index (χ0) is 14.7. The van der Waals surface area contributed by atoms with Gasteiger partial charge in [-0.3, -0.25) is 4.79 Å². The third-order valence-corrected chi connectivity index (χ3v) is 4.23. The zero-order valence-electron chi connectivity index (χ0n) is 11.7. The molecule has 1 aromatic heterocycles. The van der Waals surface area contributed by atoms with Gasteiger partial charge in [-0.2, -0.15) is 0 Å². The van der Waals surface area contributed by atoms with Crippen LogP contribution >= 0.6 is 11.3 Å². The fourth-order valence-corrected chi connectivity index (χ4v) is 3.06. The Morgan fingerprint density at radius 2 is 2.35 bits per heavy atom. The van der Waals surface area contributed by atoms with Gasteiger partial charge in [0.1, 0.15) is 0 Å². The summed E-state index contributed by atoms with van der Waals surface area (Å²) in [6.45, 7) is 3.60. The maximum atomic E-state index is 12.3. The van der Waals surface area contributed by atoms with E-state index in [1.165, 1.54) is 0 Å². The molecule has 0 radical (unpaired) electrons. The summed E-state index contributed by atoms with van der Waals surface area (Å²) in [5.41, 5.74) is 0.893. The molecule has 6 nitrogen and oxygen atoms in total. The third kappa shape index (κ3) is 3.69. The lowest BCUT2D eigenvalue weighted by atomic mass is 10.1. The molecule has 0 aliphatic carbocycles. The Labute approximate surface area is 122 Å². The molecule has 110 valence electrons. The van der Waals surface area contributed by atoms with E-state index in [4.69, 9.17) is 5.11 Å². The molecular formula is C13H19N3O3S. The van der Waals surface area contributed by atoms with Gasteiger partial charge in [0.25, 0.3) is 0 Å². The summed E-state index contributed by atoms with van der Waals surface area (Å²) in [7, 11) is 1.75. The number of aromatic nitrogens is 1. The predicted octanol–water partition coefficient (Wildman–Crippen LogP) is 1.80. The van der Waals surface area contributed by atoms with Gasteiger partial charge in [-0.1, -0.05) is 0 Å². The van der Waals surface area contributed by atoms with Gasteiger partial charge < -0.3 is 14.9 Å². The second-order valence-corrected chi connectivity index (χ2v) is 6.26. The van der Waals surface area contributed by atoms with Crippen molar-refractivity contribution in [3.63, 3.8) is 0 Å². The van der Waals surface area contributed by atoms with Gasteiger partial charge >= 0.3 is 12.0 Å². The Morgan fingerprint density at radius 1 is 1.60 bits per heavy atom. The number of hydrogen-bond donors (Lipinski definition) is 1. The van der Waals surface area contributed by atoms with Gasteiger partial charge in [0.15, 0.2) is 0 Å². The molecule has 0 spiro atoms. The second-order valence-electron chi connectivity index (χ2n) is 5.20. The summed E-state index contributed by atoms with van der Waals surface area (Å²) in [6.07, 6.45) is 0.903. The van der Waals surface area contributed by atoms with Crippen molar-refractivity contribution in [1.29, 1.82) is 0 Å². The lowest BCUT2D eigenvalue weighted by molar-refractivity contribution is -0.138. The summed E-state index contributed by atoms with van der Waals surface area (Å²) in [4.78, 5) is 30.7. The van der Waals surface area contributed by atoms with Crippen LogP contribution in [0.3, 0.4) is 0 Å². The highest BCUT2D eigenvalue weighted by atomic mass is 32.1. The fourth-order valence-electron chi connectivity index (χ4n) is 2.45. The van der Waals surface area contributed by atoms with Crippen molar-refractivity contribution >= 4 is 23.3 Å². The highest BCUT2D eigenvalue weighted by molar-refractivity contribution is 7.09. The van der Waals surface area contributed by atoms with Crippen LogP contribution < -0.4 is 0 Å². The first-order valence-electron chi connectivity index (χ1n) is 6.58. The van der Waals surface area contributed by atoms with Crippen LogP contribution in [0.1, 0.15) is 23.5 Å². The van der Waals surface area contributed by atoms with Gasteiger partial charge in [-0.25, -0.2) is 9.78 Å². The number of aliphatic carboxylic acids is 1. The van der Waals surface area contributed by atoms with E-state index in [1.807, 2.05) is 12.3 Å². The van der Waals surface area contributed by atoms with Crippen molar-refractivity contribution in [3.8, 4) is 0 Å². The van der Waals surface area contributed by atoms with Crippen LogP contribution in [0, 0.1) is 12.8 Å². The Kier molecular flexibility index (Phi) is 4.59. The molecule has 1 unspecified atom stereocenters. The quantitative estimate of drug-likeness (QED) is 0.919. The molecule has 1 aliphatic rings. The minimum absolute atomic E-state index is 0.0523. The number of rotatable bonds is 4. The molecule has 20 heavy (non-hydrogen) atoms. The largest absolute Gasteiger partial charge is 0.481 e. The molecule has 2 amide bonds. The number of nitrogens with zero attached hydrogens (tertiary/aromatic N) is 3. The molecule has 2 rings (SSSR count). The number of urea groups is 1. The van der Waals surface area contributed by atoms with Gasteiger partial charge in [0.2, 0.25) is 0 Å². The number of carboxylic acid groups (broad SMARTS) is 1. The number of likely N-dealkylation sites (tertiary alicyclic amines) is 1. The maximum Gasteiger partial charge on any atom is 0.320 e. The lowest BCUT2D eigenvalue weighted by Crippen LogP contribution is -2.39. The third-order valence-electron chi connectivity index (χ3n) is 3.41. The van der Waals surface area contributed by atoms with E-state index in [-0.39, 0.29) is 18.4 Å². The minimum Gasteiger partial charge on any atom is -0.481 e. The van der Waals surface area contributed by atoms with Crippen molar-refractivity contribution in [2.75, 3.05) is 20.1 Å². The van der Waals surface area contributed by atoms with E-state index in [0.29, 0.717) is 19.6 Å². The predicted molar refractivity (Wildman–Crippen MR) is 75.6 cm³/mol.